The van der Waals surface area contributed by atoms with E-state index in [2.05, 4.69) is 31.5 Å². The lowest BCUT2D eigenvalue weighted by atomic mass is 10.2. The number of benzene rings is 2. The van der Waals surface area contributed by atoms with Gasteiger partial charge in [-0.2, -0.15) is 0 Å². The van der Waals surface area contributed by atoms with E-state index in [4.69, 9.17) is 0 Å². The Hall–Kier alpha value is -2.27. The maximum Gasteiger partial charge on any atom is 0.274 e. The molecule has 3 aromatic rings. The van der Waals surface area contributed by atoms with Crippen molar-refractivity contribution in [3.63, 3.8) is 0 Å². The molecule has 0 aliphatic carbocycles. The number of carbonyl (C=O) groups excluding carboxylic acids is 1. The van der Waals surface area contributed by atoms with Crippen LogP contribution in [0.15, 0.2) is 46.9 Å². The molecule has 0 saturated heterocycles. The first-order chi connectivity index (χ1) is 9.72. The van der Waals surface area contributed by atoms with Gasteiger partial charge >= 0.3 is 0 Å². The molecule has 1 amide bonds. The second kappa shape index (κ2) is 4.11. The van der Waals surface area contributed by atoms with Gasteiger partial charge in [-0.25, -0.2) is 0 Å². The molecule has 0 spiro atoms. The zero-order valence-corrected chi connectivity index (χ0v) is 11.9. The Morgan fingerprint density at radius 1 is 0.950 bits per heavy atom. The molecule has 0 saturated carbocycles. The minimum absolute atomic E-state index is 0.134. The lowest BCUT2D eigenvalue weighted by molar-refractivity contribution is 0.102. The number of hydrogen-bond donors (Lipinski definition) is 3. The van der Waals surface area contributed by atoms with Crippen molar-refractivity contribution in [1.29, 1.82) is 0 Å². The van der Waals surface area contributed by atoms with Gasteiger partial charge in [0.15, 0.2) is 0 Å². The average molecular weight is 328 g/mol. The SMILES string of the molecule is O=C1Nc2ccccc2Nc2c1[nH]c1ccc(Br)cc21. The smallest absolute Gasteiger partial charge is 0.274 e. The molecule has 0 atom stereocenters. The summed E-state index contributed by atoms with van der Waals surface area (Å²) in [5.74, 6) is -0.134. The van der Waals surface area contributed by atoms with Crippen molar-refractivity contribution in [1.82, 2.24) is 4.98 Å². The van der Waals surface area contributed by atoms with Crippen LogP contribution in [0, 0.1) is 0 Å². The van der Waals surface area contributed by atoms with E-state index in [0.29, 0.717) is 5.69 Å². The van der Waals surface area contributed by atoms with Crippen LogP contribution in [-0.4, -0.2) is 10.9 Å². The molecule has 0 fully saturated rings. The number of para-hydroxylation sites is 2. The Labute approximate surface area is 123 Å². The molecule has 4 nitrogen and oxygen atoms in total. The fourth-order valence-electron chi connectivity index (χ4n) is 2.48. The highest BCUT2D eigenvalue weighted by molar-refractivity contribution is 9.10. The number of hydrogen-bond acceptors (Lipinski definition) is 2. The molecule has 2 heterocycles. The van der Waals surface area contributed by atoms with Crippen LogP contribution in [0.1, 0.15) is 10.5 Å². The topological polar surface area (TPSA) is 56.9 Å². The fraction of sp³-hybridized carbons (Fsp3) is 0. The largest absolute Gasteiger partial charge is 0.351 e. The monoisotopic (exact) mass is 327 g/mol. The highest BCUT2D eigenvalue weighted by atomic mass is 79.9. The summed E-state index contributed by atoms with van der Waals surface area (Å²) in [6.07, 6.45) is 0. The molecule has 0 bridgehead atoms. The Morgan fingerprint density at radius 2 is 1.70 bits per heavy atom. The summed E-state index contributed by atoms with van der Waals surface area (Å²) in [5, 5.41) is 7.25. The van der Waals surface area contributed by atoms with Crippen LogP contribution < -0.4 is 10.6 Å². The van der Waals surface area contributed by atoms with E-state index in [1.807, 2.05) is 42.5 Å². The Balaban J connectivity index is 2.01. The van der Waals surface area contributed by atoms with Crippen molar-refractivity contribution in [2.75, 3.05) is 10.6 Å². The molecule has 0 unspecified atom stereocenters. The van der Waals surface area contributed by atoms with Crippen LogP contribution in [0.2, 0.25) is 0 Å². The molecule has 3 N–H and O–H groups in total. The molecular weight excluding hydrogens is 318 g/mol. The molecule has 1 aliphatic rings. The van der Waals surface area contributed by atoms with Crippen LogP contribution in [0.4, 0.5) is 17.1 Å². The number of nitrogens with one attached hydrogen (secondary N) is 3. The summed E-state index contributed by atoms with van der Waals surface area (Å²) in [6.45, 7) is 0. The van der Waals surface area contributed by atoms with E-state index >= 15 is 0 Å². The van der Waals surface area contributed by atoms with Gasteiger partial charge in [0, 0.05) is 15.4 Å². The summed E-state index contributed by atoms with van der Waals surface area (Å²) in [7, 11) is 0. The number of aromatic nitrogens is 1. The summed E-state index contributed by atoms with van der Waals surface area (Å²) >= 11 is 3.47. The van der Waals surface area contributed by atoms with E-state index in [1.54, 1.807) is 0 Å². The van der Waals surface area contributed by atoms with E-state index < -0.39 is 0 Å². The zero-order valence-electron chi connectivity index (χ0n) is 10.3. The summed E-state index contributed by atoms with van der Waals surface area (Å²) in [6, 6.07) is 13.6. The van der Waals surface area contributed by atoms with Crippen molar-refractivity contribution < 1.29 is 4.79 Å². The number of anilines is 3. The highest BCUT2D eigenvalue weighted by Gasteiger charge is 2.22. The molecule has 20 heavy (non-hydrogen) atoms. The molecule has 98 valence electrons. The second-order valence-electron chi connectivity index (χ2n) is 4.69. The molecular formula is C15H10BrN3O. The van der Waals surface area contributed by atoms with Crippen LogP contribution >= 0.6 is 15.9 Å². The van der Waals surface area contributed by atoms with E-state index in [1.165, 1.54) is 0 Å². The van der Waals surface area contributed by atoms with Gasteiger partial charge in [0.25, 0.3) is 5.91 Å². The number of amides is 1. The van der Waals surface area contributed by atoms with Crippen molar-refractivity contribution in [2.24, 2.45) is 0 Å². The molecule has 5 heteroatoms. The third kappa shape index (κ3) is 1.63. The van der Waals surface area contributed by atoms with Gasteiger partial charge in [0.2, 0.25) is 0 Å². The molecule has 1 aliphatic heterocycles. The first-order valence-electron chi connectivity index (χ1n) is 6.21. The minimum Gasteiger partial charge on any atom is -0.351 e. The predicted octanol–water partition coefficient (Wildman–Crippen LogP) is 4.24. The van der Waals surface area contributed by atoms with Crippen molar-refractivity contribution >= 4 is 49.8 Å². The molecule has 1 aromatic heterocycles. The lowest BCUT2D eigenvalue weighted by Gasteiger charge is -2.07. The number of aromatic amines is 1. The summed E-state index contributed by atoms with van der Waals surface area (Å²) in [5.41, 5.74) is 3.96. The van der Waals surface area contributed by atoms with Gasteiger partial charge in [-0.1, -0.05) is 28.1 Å². The first-order valence-corrected chi connectivity index (χ1v) is 7.00. The molecule has 0 radical (unpaired) electrons. The number of H-pyrrole nitrogens is 1. The van der Waals surface area contributed by atoms with Crippen molar-refractivity contribution in [3.05, 3.63) is 52.6 Å². The van der Waals surface area contributed by atoms with Gasteiger partial charge in [0.1, 0.15) is 5.69 Å². The van der Waals surface area contributed by atoms with Gasteiger partial charge in [-0.05, 0) is 30.3 Å². The maximum atomic E-state index is 12.3. The van der Waals surface area contributed by atoms with Crippen LogP contribution in [0.25, 0.3) is 10.9 Å². The van der Waals surface area contributed by atoms with Gasteiger partial charge in [0.05, 0.1) is 17.1 Å². The van der Waals surface area contributed by atoms with Crippen LogP contribution in [0.3, 0.4) is 0 Å². The lowest BCUT2D eigenvalue weighted by Crippen LogP contribution is -2.10. The van der Waals surface area contributed by atoms with E-state index in [0.717, 1.165) is 32.4 Å². The fourth-order valence-corrected chi connectivity index (χ4v) is 2.85. The van der Waals surface area contributed by atoms with E-state index in [9.17, 15) is 4.79 Å². The Kier molecular flexibility index (Phi) is 2.37. The summed E-state index contributed by atoms with van der Waals surface area (Å²) < 4.78 is 0.978. The van der Waals surface area contributed by atoms with Crippen LogP contribution in [-0.2, 0) is 0 Å². The third-order valence-corrected chi connectivity index (χ3v) is 3.92. The maximum absolute atomic E-state index is 12.3. The summed E-state index contributed by atoms with van der Waals surface area (Å²) in [4.78, 5) is 15.5. The third-order valence-electron chi connectivity index (χ3n) is 3.42. The molecule has 4 rings (SSSR count). The van der Waals surface area contributed by atoms with E-state index in [-0.39, 0.29) is 5.91 Å². The quantitative estimate of drug-likeness (QED) is 0.578. The first kappa shape index (κ1) is 11.5. The van der Waals surface area contributed by atoms with Crippen LogP contribution in [0.5, 0.6) is 0 Å². The Morgan fingerprint density at radius 3 is 2.50 bits per heavy atom. The number of rotatable bonds is 0. The number of carbonyl (C=O) groups is 1. The second-order valence-corrected chi connectivity index (χ2v) is 5.61. The highest BCUT2D eigenvalue weighted by Crippen LogP contribution is 2.37. The zero-order chi connectivity index (χ0) is 13.7. The van der Waals surface area contributed by atoms with Gasteiger partial charge in [-0.3, -0.25) is 4.79 Å². The number of fused-ring (bicyclic) bond motifs is 4. The predicted molar refractivity (Wildman–Crippen MR) is 83.7 cm³/mol. The molecule has 2 aromatic carbocycles. The standard InChI is InChI=1S/C15H10BrN3O/c16-8-5-6-10-9(7-8)13-14(17-10)15(20)19-12-4-2-1-3-11(12)18-13/h1-7,17-18H,(H,19,20). The van der Waals surface area contributed by atoms with Gasteiger partial charge in [-0.15, -0.1) is 0 Å². The van der Waals surface area contributed by atoms with Crippen molar-refractivity contribution in [3.8, 4) is 0 Å². The Bertz CT molecular complexity index is 853. The average Bonchev–Trinajstić information content (AvgIpc) is 2.72. The minimum atomic E-state index is -0.134. The normalized spacial score (nSPS) is 13.2. The van der Waals surface area contributed by atoms with Gasteiger partial charge < -0.3 is 15.6 Å². The number of halogens is 1. The van der Waals surface area contributed by atoms with Crippen molar-refractivity contribution in [2.45, 2.75) is 0 Å².